The summed E-state index contributed by atoms with van der Waals surface area (Å²) in [5.74, 6) is -1.92. The Balaban J connectivity index is 2.88. The fourth-order valence-electron chi connectivity index (χ4n) is 2.88. The Morgan fingerprint density at radius 2 is 2.00 bits per heavy atom. The molecular weight excluding hydrogens is 303 g/mol. The highest BCUT2D eigenvalue weighted by atomic mass is 19.1. The molecule has 7 nitrogen and oxygen atoms in total. The first kappa shape index (κ1) is 19.3. The quantitative estimate of drug-likeness (QED) is 0.580. The molecule has 23 heavy (non-hydrogen) atoms. The summed E-state index contributed by atoms with van der Waals surface area (Å²) in [5, 5.41) is 5.08. The van der Waals surface area contributed by atoms with Crippen LogP contribution >= 0.6 is 0 Å². The second kappa shape index (κ2) is 8.81. The maximum Gasteiger partial charge on any atom is 0.243 e. The van der Waals surface area contributed by atoms with E-state index in [-0.39, 0.29) is 18.4 Å². The number of nitrogens with two attached hydrogens (primary N) is 1. The van der Waals surface area contributed by atoms with E-state index in [9.17, 15) is 18.8 Å². The fraction of sp³-hybridized carbons (Fsp3) is 0.800. The summed E-state index contributed by atoms with van der Waals surface area (Å²) in [4.78, 5) is 37.8. The molecule has 0 aliphatic carbocycles. The lowest BCUT2D eigenvalue weighted by molar-refractivity contribution is -0.139. The predicted octanol–water partition coefficient (Wildman–Crippen LogP) is -0.591. The van der Waals surface area contributed by atoms with E-state index >= 15 is 0 Å². The minimum Gasteiger partial charge on any atom is -0.357 e. The number of halogens is 1. The van der Waals surface area contributed by atoms with E-state index in [0.717, 1.165) is 0 Å². The first-order valence-electron chi connectivity index (χ1n) is 7.94. The van der Waals surface area contributed by atoms with Crippen LogP contribution in [0.25, 0.3) is 0 Å². The maximum atomic E-state index is 13.3. The Labute approximate surface area is 136 Å². The third-order valence-corrected chi connectivity index (χ3v) is 4.34. The van der Waals surface area contributed by atoms with Crippen molar-refractivity contribution < 1.29 is 18.8 Å². The van der Waals surface area contributed by atoms with Gasteiger partial charge in [0.1, 0.15) is 12.1 Å². The van der Waals surface area contributed by atoms with Crippen LogP contribution in [0, 0.1) is 11.8 Å². The summed E-state index contributed by atoms with van der Waals surface area (Å²) in [5.41, 5.74) is 5.36. The zero-order valence-electron chi connectivity index (χ0n) is 14.0. The molecular formula is C15H27FN4O3. The lowest BCUT2D eigenvalue weighted by Crippen LogP contribution is -2.56. The highest BCUT2D eigenvalue weighted by Gasteiger charge is 2.37. The van der Waals surface area contributed by atoms with Gasteiger partial charge in [-0.05, 0) is 18.8 Å². The van der Waals surface area contributed by atoms with Crippen molar-refractivity contribution in [1.82, 2.24) is 15.5 Å². The monoisotopic (exact) mass is 330 g/mol. The van der Waals surface area contributed by atoms with E-state index < -0.39 is 36.5 Å². The lowest BCUT2D eigenvalue weighted by Gasteiger charge is -2.30. The van der Waals surface area contributed by atoms with Gasteiger partial charge in [0, 0.05) is 19.5 Å². The first-order valence-corrected chi connectivity index (χ1v) is 7.94. The van der Waals surface area contributed by atoms with Crippen LogP contribution in [-0.4, -0.2) is 61.5 Å². The second-order valence-electron chi connectivity index (χ2n) is 6.11. The van der Waals surface area contributed by atoms with Gasteiger partial charge in [0.15, 0.2) is 0 Å². The Hall–Kier alpha value is -1.70. The normalized spacial score (nSPS) is 20.3. The van der Waals surface area contributed by atoms with Gasteiger partial charge in [-0.25, -0.2) is 0 Å². The van der Waals surface area contributed by atoms with Crippen molar-refractivity contribution >= 4 is 17.7 Å². The first-order chi connectivity index (χ1) is 10.9. The molecule has 8 heteroatoms. The Morgan fingerprint density at radius 3 is 2.48 bits per heavy atom. The minimum absolute atomic E-state index is 0.118. The molecule has 3 amide bonds. The van der Waals surface area contributed by atoms with Crippen LogP contribution in [0.15, 0.2) is 0 Å². The average molecular weight is 330 g/mol. The third-order valence-electron chi connectivity index (χ3n) is 4.34. The predicted molar refractivity (Wildman–Crippen MR) is 84.1 cm³/mol. The second-order valence-corrected chi connectivity index (χ2v) is 6.11. The van der Waals surface area contributed by atoms with Gasteiger partial charge < -0.3 is 21.3 Å². The number of likely N-dealkylation sites (tertiary alicyclic amines) is 1. The number of hydrogen-bond acceptors (Lipinski definition) is 4. The molecule has 1 heterocycles. The lowest BCUT2D eigenvalue weighted by atomic mass is 9.88. The van der Waals surface area contributed by atoms with E-state index in [4.69, 9.17) is 5.73 Å². The summed E-state index contributed by atoms with van der Waals surface area (Å²) in [6, 6.07) is -1.61. The van der Waals surface area contributed by atoms with Crippen molar-refractivity contribution in [2.75, 3.05) is 26.8 Å². The zero-order valence-corrected chi connectivity index (χ0v) is 14.0. The van der Waals surface area contributed by atoms with Crippen LogP contribution in [-0.2, 0) is 14.4 Å². The Kier molecular flexibility index (Phi) is 7.41. The summed E-state index contributed by atoms with van der Waals surface area (Å²) in [7, 11) is 1.44. The standard InChI is InChI=1S/C15H27FN4O3/c1-9(2)10(7-16)13(15(23)18-3)19-14(22)11-5-4-6-20(11)12(21)8-17/h9-11,13H,4-8,17H2,1-3H3,(H,18,23)(H,19,22)/t10?,11-,13+/m0/s1. The molecule has 1 aliphatic heterocycles. The smallest absolute Gasteiger partial charge is 0.243 e. The van der Waals surface area contributed by atoms with Gasteiger partial charge in [0.25, 0.3) is 0 Å². The molecule has 0 aromatic rings. The SMILES string of the molecule is CNC(=O)[C@H](NC(=O)[C@@H]1CCCN1C(=O)CN)C(CF)C(C)C. The van der Waals surface area contributed by atoms with Crippen molar-refractivity contribution in [2.45, 2.75) is 38.8 Å². The number of hydrogen-bond donors (Lipinski definition) is 3. The molecule has 132 valence electrons. The highest BCUT2D eigenvalue weighted by Crippen LogP contribution is 2.20. The van der Waals surface area contributed by atoms with Crippen LogP contribution < -0.4 is 16.4 Å². The van der Waals surface area contributed by atoms with Gasteiger partial charge in [0.2, 0.25) is 17.7 Å². The van der Waals surface area contributed by atoms with E-state index in [1.165, 1.54) is 11.9 Å². The number of rotatable bonds is 7. The summed E-state index contributed by atoms with van der Waals surface area (Å²) >= 11 is 0. The van der Waals surface area contributed by atoms with Crippen LogP contribution in [0.5, 0.6) is 0 Å². The van der Waals surface area contributed by atoms with Gasteiger partial charge in [-0.3, -0.25) is 18.8 Å². The minimum atomic E-state index is -0.965. The third kappa shape index (κ3) is 4.63. The van der Waals surface area contributed by atoms with Crippen molar-refractivity contribution in [1.29, 1.82) is 0 Å². The number of carbonyl (C=O) groups excluding carboxylic acids is 3. The average Bonchev–Trinajstić information content (AvgIpc) is 3.02. The molecule has 0 aromatic carbocycles. The Bertz CT molecular complexity index is 444. The number of carbonyl (C=O) groups is 3. The van der Waals surface area contributed by atoms with Gasteiger partial charge in [-0.2, -0.15) is 0 Å². The van der Waals surface area contributed by atoms with Crippen molar-refractivity contribution in [3.8, 4) is 0 Å². The van der Waals surface area contributed by atoms with E-state index in [0.29, 0.717) is 19.4 Å². The van der Waals surface area contributed by atoms with E-state index in [1.54, 1.807) is 13.8 Å². The number of likely N-dealkylation sites (N-methyl/N-ethyl adjacent to an activating group) is 1. The molecule has 3 atom stereocenters. The molecule has 0 aromatic heterocycles. The Morgan fingerprint density at radius 1 is 1.35 bits per heavy atom. The molecule has 1 fully saturated rings. The fourth-order valence-corrected chi connectivity index (χ4v) is 2.88. The molecule has 4 N–H and O–H groups in total. The van der Waals surface area contributed by atoms with Crippen molar-refractivity contribution in [3.05, 3.63) is 0 Å². The number of nitrogens with one attached hydrogen (secondary N) is 2. The van der Waals surface area contributed by atoms with Gasteiger partial charge in [-0.15, -0.1) is 0 Å². The molecule has 0 spiro atoms. The maximum absolute atomic E-state index is 13.3. The van der Waals surface area contributed by atoms with E-state index in [2.05, 4.69) is 10.6 Å². The van der Waals surface area contributed by atoms with Crippen LogP contribution in [0.2, 0.25) is 0 Å². The largest absolute Gasteiger partial charge is 0.357 e. The van der Waals surface area contributed by atoms with Crippen LogP contribution in [0.3, 0.4) is 0 Å². The van der Waals surface area contributed by atoms with Gasteiger partial charge in [0.05, 0.1) is 13.2 Å². The summed E-state index contributed by atoms with van der Waals surface area (Å²) in [6.45, 7) is 3.18. The van der Waals surface area contributed by atoms with Gasteiger partial charge >= 0.3 is 0 Å². The highest BCUT2D eigenvalue weighted by molar-refractivity contribution is 5.92. The molecule has 1 unspecified atom stereocenters. The zero-order chi connectivity index (χ0) is 17.6. The van der Waals surface area contributed by atoms with Crippen molar-refractivity contribution in [3.63, 3.8) is 0 Å². The number of alkyl halides is 1. The molecule has 1 rings (SSSR count). The van der Waals surface area contributed by atoms with Crippen LogP contribution in [0.4, 0.5) is 4.39 Å². The topological polar surface area (TPSA) is 105 Å². The molecule has 0 bridgehead atoms. The summed E-state index contributed by atoms with van der Waals surface area (Å²) in [6.07, 6.45) is 1.21. The molecule has 1 aliphatic rings. The van der Waals surface area contributed by atoms with E-state index in [1.807, 2.05) is 0 Å². The van der Waals surface area contributed by atoms with Gasteiger partial charge in [-0.1, -0.05) is 13.8 Å². The number of amides is 3. The van der Waals surface area contributed by atoms with Crippen molar-refractivity contribution in [2.24, 2.45) is 17.6 Å². The molecule has 0 saturated carbocycles. The summed E-state index contributed by atoms with van der Waals surface area (Å²) < 4.78 is 13.3. The molecule has 1 saturated heterocycles. The van der Waals surface area contributed by atoms with Crippen LogP contribution in [0.1, 0.15) is 26.7 Å². The molecule has 0 radical (unpaired) electrons. The number of nitrogens with zero attached hydrogens (tertiary/aromatic N) is 1.